The zero-order valence-corrected chi connectivity index (χ0v) is 13.1. The van der Waals surface area contributed by atoms with Gasteiger partial charge in [0.2, 0.25) is 0 Å². The molecule has 4 heteroatoms. The van der Waals surface area contributed by atoms with Crippen LogP contribution in [0.5, 0.6) is 0 Å². The van der Waals surface area contributed by atoms with Gasteiger partial charge in [-0.2, -0.15) is 0 Å². The number of piperidine rings is 1. The summed E-state index contributed by atoms with van der Waals surface area (Å²) in [6, 6.07) is 1.15. The first-order chi connectivity index (χ1) is 9.79. The highest BCUT2D eigenvalue weighted by molar-refractivity contribution is 5.78. The number of nitrogens with one attached hydrogen (secondary N) is 1. The lowest BCUT2D eigenvalue weighted by Gasteiger charge is -2.33. The van der Waals surface area contributed by atoms with Crippen LogP contribution in [0.2, 0.25) is 0 Å². The van der Waals surface area contributed by atoms with E-state index in [9.17, 15) is 0 Å². The summed E-state index contributed by atoms with van der Waals surface area (Å²) in [5, 5.41) is 3.44. The lowest BCUT2D eigenvalue weighted by Crippen LogP contribution is -2.43. The van der Waals surface area contributed by atoms with Crippen LogP contribution < -0.4 is 11.1 Å². The van der Waals surface area contributed by atoms with Crippen LogP contribution >= 0.6 is 0 Å². The maximum Gasteiger partial charge on any atom is 0.188 e. The molecule has 0 bridgehead atoms. The summed E-state index contributed by atoms with van der Waals surface area (Å²) in [6.07, 6.45) is 11.9. The van der Waals surface area contributed by atoms with E-state index in [1.54, 1.807) is 0 Å². The first-order valence-corrected chi connectivity index (χ1v) is 8.60. The molecule has 2 fully saturated rings. The number of nitrogens with two attached hydrogens (primary N) is 1. The van der Waals surface area contributed by atoms with Gasteiger partial charge < -0.3 is 11.1 Å². The van der Waals surface area contributed by atoms with Crippen molar-refractivity contribution in [1.29, 1.82) is 0 Å². The number of likely N-dealkylation sites (N-methyl/N-ethyl adjacent to an activating group) is 1. The third-order valence-electron chi connectivity index (χ3n) is 4.83. The number of hydrogen-bond donors (Lipinski definition) is 2. The van der Waals surface area contributed by atoms with E-state index < -0.39 is 0 Å². The van der Waals surface area contributed by atoms with Gasteiger partial charge in [0.1, 0.15) is 0 Å². The number of likely N-dealkylation sites (tertiary alicyclic amines) is 1. The number of nitrogens with zero attached hydrogens (tertiary/aromatic N) is 2. The largest absolute Gasteiger partial charge is 0.370 e. The van der Waals surface area contributed by atoms with Crippen LogP contribution in [0.15, 0.2) is 4.99 Å². The second kappa shape index (κ2) is 8.50. The standard InChI is InChI=1S/C16H32N4/c1-2-20-12-8-7-11-15(20)13-18-16(17)19-14-9-5-3-4-6-10-14/h14-15H,2-13H2,1H3,(H3,17,18,19). The highest BCUT2D eigenvalue weighted by Crippen LogP contribution is 2.18. The highest BCUT2D eigenvalue weighted by atomic mass is 15.2. The average molecular weight is 280 g/mol. The Morgan fingerprint density at radius 2 is 1.80 bits per heavy atom. The molecular formula is C16H32N4. The second-order valence-electron chi connectivity index (χ2n) is 6.34. The van der Waals surface area contributed by atoms with Gasteiger partial charge in [-0.15, -0.1) is 0 Å². The molecule has 0 aromatic heterocycles. The molecule has 2 rings (SSSR count). The predicted molar refractivity (Wildman–Crippen MR) is 86.0 cm³/mol. The molecule has 20 heavy (non-hydrogen) atoms. The highest BCUT2D eigenvalue weighted by Gasteiger charge is 2.20. The predicted octanol–water partition coefficient (Wildman–Crippen LogP) is 2.49. The van der Waals surface area contributed by atoms with Crippen LogP contribution in [0.3, 0.4) is 0 Å². The molecule has 0 spiro atoms. The summed E-state index contributed by atoms with van der Waals surface area (Å²) >= 11 is 0. The van der Waals surface area contributed by atoms with Crippen LogP contribution in [0.1, 0.15) is 64.7 Å². The maximum absolute atomic E-state index is 6.08. The molecule has 0 amide bonds. The minimum absolute atomic E-state index is 0.551. The van der Waals surface area contributed by atoms with Gasteiger partial charge in [-0.25, -0.2) is 0 Å². The molecule has 1 aliphatic carbocycles. The van der Waals surface area contributed by atoms with Gasteiger partial charge >= 0.3 is 0 Å². The van der Waals surface area contributed by atoms with Crippen LogP contribution in [0, 0.1) is 0 Å². The first-order valence-electron chi connectivity index (χ1n) is 8.60. The summed E-state index contributed by atoms with van der Waals surface area (Å²) in [5.74, 6) is 0.665. The van der Waals surface area contributed by atoms with Gasteiger partial charge in [-0.1, -0.05) is 39.0 Å². The fourth-order valence-electron chi connectivity index (χ4n) is 3.57. The monoisotopic (exact) mass is 280 g/mol. The molecule has 1 unspecified atom stereocenters. The smallest absolute Gasteiger partial charge is 0.188 e. The molecule has 1 aliphatic heterocycles. The van der Waals surface area contributed by atoms with Gasteiger partial charge in [-0.05, 0) is 38.8 Å². The van der Waals surface area contributed by atoms with Crippen molar-refractivity contribution in [3.63, 3.8) is 0 Å². The Morgan fingerprint density at radius 1 is 1.10 bits per heavy atom. The Balaban J connectivity index is 1.77. The van der Waals surface area contributed by atoms with Gasteiger partial charge in [0.05, 0.1) is 6.54 Å². The quantitative estimate of drug-likeness (QED) is 0.472. The number of hydrogen-bond acceptors (Lipinski definition) is 2. The topological polar surface area (TPSA) is 53.6 Å². The van der Waals surface area contributed by atoms with Gasteiger partial charge in [-0.3, -0.25) is 9.89 Å². The minimum atomic E-state index is 0.551. The molecule has 4 nitrogen and oxygen atoms in total. The van der Waals surface area contributed by atoms with E-state index in [4.69, 9.17) is 5.73 Å². The van der Waals surface area contributed by atoms with E-state index in [1.807, 2.05) is 0 Å². The van der Waals surface area contributed by atoms with Crippen molar-refractivity contribution in [2.75, 3.05) is 19.6 Å². The summed E-state index contributed by atoms with van der Waals surface area (Å²) in [5.41, 5.74) is 6.08. The number of aliphatic imine (C=N–C) groups is 1. The first kappa shape index (κ1) is 15.6. The molecule has 0 radical (unpaired) electrons. The van der Waals surface area contributed by atoms with Gasteiger partial charge in [0, 0.05) is 12.1 Å². The van der Waals surface area contributed by atoms with Gasteiger partial charge in [0.25, 0.3) is 0 Å². The Kier molecular flexibility index (Phi) is 6.64. The molecule has 1 atom stereocenters. The van der Waals surface area contributed by atoms with Crippen molar-refractivity contribution in [2.24, 2.45) is 10.7 Å². The molecule has 3 N–H and O–H groups in total. The fourth-order valence-corrected chi connectivity index (χ4v) is 3.57. The van der Waals surface area contributed by atoms with Crippen molar-refractivity contribution in [2.45, 2.75) is 76.8 Å². The van der Waals surface area contributed by atoms with Crippen molar-refractivity contribution >= 4 is 5.96 Å². The molecular weight excluding hydrogens is 248 g/mol. The van der Waals surface area contributed by atoms with Crippen LogP contribution in [0.4, 0.5) is 0 Å². The summed E-state index contributed by atoms with van der Waals surface area (Å²) < 4.78 is 0. The number of guanidine groups is 1. The summed E-state index contributed by atoms with van der Waals surface area (Å²) in [6.45, 7) is 5.47. The third kappa shape index (κ3) is 4.97. The van der Waals surface area contributed by atoms with E-state index in [0.29, 0.717) is 18.0 Å². The third-order valence-corrected chi connectivity index (χ3v) is 4.83. The van der Waals surface area contributed by atoms with E-state index in [-0.39, 0.29) is 0 Å². The van der Waals surface area contributed by atoms with Crippen molar-refractivity contribution in [3.8, 4) is 0 Å². The zero-order valence-electron chi connectivity index (χ0n) is 13.1. The molecule has 1 saturated carbocycles. The zero-order chi connectivity index (χ0) is 14.2. The van der Waals surface area contributed by atoms with Crippen molar-refractivity contribution in [3.05, 3.63) is 0 Å². The molecule has 1 saturated heterocycles. The Labute approximate surface area is 124 Å². The lowest BCUT2D eigenvalue weighted by molar-refractivity contribution is 0.161. The maximum atomic E-state index is 6.08. The summed E-state index contributed by atoms with van der Waals surface area (Å²) in [7, 11) is 0. The Hall–Kier alpha value is -0.770. The molecule has 0 aromatic carbocycles. The molecule has 1 heterocycles. The van der Waals surface area contributed by atoms with E-state index in [2.05, 4.69) is 22.1 Å². The summed E-state index contributed by atoms with van der Waals surface area (Å²) in [4.78, 5) is 7.16. The van der Waals surface area contributed by atoms with Gasteiger partial charge in [0.15, 0.2) is 5.96 Å². The van der Waals surface area contributed by atoms with Crippen molar-refractivity contribution < 1.29 is 0 Å². The number of rotatable bonds is 4. The van der Waals surface area contributed by atoms with Crippen LogP contribution in [-0.2, 0) is 0 Å². The minimum Gasteiger partial charge on any atom is -0.370 e. The SMILES string of the molecule is CCN1CCCCC1CN=C(N)NC1CCCCCC1. The molecule has 116 valence electrons. The normalized spacial score (nSPS) is 27.2. The second-order valence-corrected chi connectivity index (χ2v) is 6.34. The molecule has 0 aromatic rings. The van der Waals surface area contributed by atoms with Crippen molar-refractivity contribution in [1.82, 2.24) is 10.2 Å². The average Bonchev–Trinajstić information content (AvgIpc) is 2.74. The van der Waals surface area contributed by atoms with Crippen LogP contribution in [0.25, 0.3) is 0 Å². The van der Waals surface area contributed by atoms with E-state index in [1.165, 1.54) is 64.3 Å². The Bertz CT molecular complexity index is 295. The lowest BCUT2D eigenvalue weighted by atomic mass is 10.0. The Morgan fingerprint density at radius 3 is 2.50 bits per heavy atom. The van der Waals surface area contributed by atoms with E-state index in [0.717, 1.165) is 13.1 Å². The van der Waals surface area contributed by atoms with E-state index >= 15 is 0 Å². The molecule has 2 aliphatic rings. The fraction of sp³-hybridized carbons (Fsp3) is 0.938. The van der Waals surface area contributed by atoms with Crippen LogP contribution in [-0.4, -0.2) is 42.6 Å².